The topological polar surface area (TPSA) is 72.2 Å². The van der Waals surface area contributed by atoms with Crippen LogP contribution in [0.1, 0.15) is 12.5 Å². The monoisotopic (exact) mass is 328 g/mol. The molecule has 0 bridgehead atoms. The third-order valence-electron chi connectivity index (χ3n) is 2.98. The predicted octanol–water partition coefficient (Wildman–Crippen LogP) is 3.42. The summed E-state index contributed by atoms with van der Waals surface area (Å²) in [5.74, 6) is -0.757. The van der Waals surface area contributed by atoms with E-state index in [0.29, 0.717) is 12.1 Å². The van der Waals surface area contributed by atoms with Crippen LogP contribution in [-0.2, 0) is 16.4 Å². The van der Waals surface area contributed by atoms with E-state index in [1.165, 1.54) is 0 Å². The molecule has 2 aromatic carbocycles. The van der Waals surface area contributed by atoms with Crippen LogP contribution in [0.2, 0.25) is 5.02 Å². The number of anilines is 2. The summed E-state index contributed by atoms with van der Waals surface area (Å²) in [7, 11) is -3.94. The van der Waals surface area contributed by atoms with Crippen LogP contribution in [0.5, 0.6) is 0 Å². The molecule has 0 aliphatic rings. The lowest BCUT2D eigenvalue weighted by Gasteiger charge is -2.13. The van der Waals surface area contributed by atoms with E-state index < -0.39 is 15.8 Å². The van der Waals surface area contributed by atoms with Gasteiger partial charge in [0.1, 0.15) is 10.7 Å². The van der Waals surface area contributed by atoms with Gasteiger partial charge in [-0.2, -0.15) is 0 Å². The van der Waals surface area contributed by atoms with Crippen molar-refractivity contribution in [1.29, 1.82) is 0 Å². The van der Waals surface area contributed by atoms with Gasteiger partial charge in [0, 0.05) is 0 Å². The Morgan fingerprint density at radius 3 is 2.62 bits per heavy atom. The van der Waals surface area contributed by atoms with E-state index in [2.05, 4.69) is 4.72 Å². The number of hydrogen-bond donors (Lipinski definition) is 2. The zero-order chi connectivity index (χ0) is 15.6. The first-order chi connectivity index (χ1) is 9.85. The SMILES string of the molecule is CCc1ccccc1NS(=O)(=O)c1cc(N)c(F)cc1Cl. The molecule has 0 saturated heterocycles. The molecule has 0 saturated carbocycles. The average molecular weight is 329 g/mol. The van der Waals surface area contributed by atoms with Crippen molar-refractivity contribution in [2.75, 3.05) is 10.5 Å². The molecule has 21 heavy (non-hydrogen) atoms. The molecule has 0 aromatic heterocycles. The Morgan fingerprint density at radius 2 is 1.95 bits per heavy atom. The van der Waals surface area contributed by atoms with Crippen molar-refractivity contribution in [3.05, 3.63) is 52.8 Å². The first-order valence-electron chi connectivity index (χ1n) is 6.20. The summed E-state index contributed by atoms with van der Waals surface area (Å²) in [6, 6.07) is 8.90. The van der Waals surface area contributed by atoms with Gasteiger partial charge in [0.15, 0.2) is 0 Å². The van der Waals surface area contributed by atoms with Gasteiger partial charge in [0.25, 0.3) is 10.0 Å². The van der Waals surface area contributed by atoms with Crippen LogP contribution in [0.4, 0.5) is 15.8 Å². The lowest BCUT2D eigenvalue weighted by molar-refractivity contribution is 0.600. The quantitative estimate of drug-likeness (QED) is 0.845. The molecule has 0 atom stereocenters. The molecule has 0 spiro atoms. The molecule has 7 heteroatoms. The number of halogens is 2. The van der Waals surface area contributed by atoms with Gasteiger partial charge in [0.2, 0.25) is 0 Å². The van der Waals surface area contributed by atoms with Crippen LogP contribution >= 0.6 is 11.6 Å². The fourth-order valence-corrected chi connectivity index (χ4v) is 3.53. The Balaban J connectivity index is 2.46. The Morgan fingerprint density at radius 1 is 1.29 bits per heavy atom. The lowest BCUT2D eigenvalue weighted by atomic mass is 10.1. The van der Waals surface area contributed by atoms with Crippen molar-refractivity contribution in [3.8, 4) is 0 Å². The number of para-hydroxylation sites is 1. The second-order valence-electron chi connectivity index (χ2n) is 4.42. The molecular formula is C14H14ClFN2O2S. The fourth-order valence-electron chi connectivity index (χ4n) is 1.88. The Labute approximate surface area is 127 Å². The summed E-state index contributed by atoms with van der Waals surface area (Å²) in [4.78, 5) is -0.256. The van der Waals surface area contributed by atoms with E-state index in [4.69, 9.17) is 17.3 Å². The molecule has 0 radical (unpaired) electrons. The summed E-state index contributed by atoms with van der Waals surface area (Å²) in [5.41, 5.74) is 6.43. The van der Waals surface area contributed by atoms with Crippen LogP contribution < -0.4 is 10.5 Å². The van der Waals surface area contributed by atoms with Gasteiger partial charge in [-0.25, -0.2) is 12.8 Å². The highest BCUT2D eigenvalue weighted by molar-refractivity contribution is 7.92. The number of sulfonamides is 1. The second-order valence-corrected chi connectivity index (χ2v) is 6.48. The van der Waals surface area contributed by atoms with Gasteiger partial charge < -0.3 is 5.73 Å². The second kappa shape index (κ2) is 5.91. The molecule has 0 amide bonds. The van der Waals surface area contributed by atoms with E-state index in [-0.39, 0.29) is 15.6 Å². The zero-order valence-corrected chi connectivity index (χ0v) is 12.8. The molecule has 0 aliphatic carbocycles. The fraction of sp³-hybridized carbons (Fsp3) is 0.143. The van der Waals surface area contributed by atoms with Crippen LogP contribution in [-0.4, -0.2) is 8.42 Å². The summed E-state index contributed by atoms with van der Waals surface area (Å²) in [6.07, 6.45) is 0.665. The summed E-state index contributed by atoms with van der Waals surface area (Å²) < 4.78 is 40.5. The standard InChI is InChI=1S/C14H14ClFN2O2S/c1-2-9-5-3-4-6-13(9)18-21(19,20)14-8-12(17)11(16)7-10(14)15/h3-8,18H,2,17H2,1H3. The van der Waals surface area contributed by atoms with Crippen molar-refractivity contribution in [1.82, 2.24) is 0 Å². The minimum absolute atomic E-state index is 0.219. The Hall–Kier alpha value is -1.79. The van der Waals surface area contributed by atoms with E-state index >= 15 is 0 Å². The van der Waals surface area contributed by atoms with Crippen LogP contribution in [0, 0.1) is 5.82 Å². The molecule has 0 heterocycles. The van der Waals surface area contributed by atoms with E-state index in [9.17, 15) is 12.8 Å². The first-order valence-corrected chi connectivity index (χ1v) is 8.06. The van der Waals surface area contributed by atoms with Crippen molar-refractivity contribution in [2.45, 2.75) is 18.2 Å². The third kappa shape index (κ3) is 3.28. The highest BCUT2D eigenvalue weighted by Crippen LogP contribution is 2.28. The lowest BCUT2D eigenvalue weighted by Crippen LogP contribution is -2.15. The predicted molar refractivity (Wildman–Crippen MR) is 82.5 cm³/mol. The first kappa shape index (κ1) is 15.6. The minimum atomic E-state index is -3.94. The maximum absolute atomic E-state index is 13.3. The molecule has 2 aromatic rings. The van der Waals surface area contributed by atoms with Gasteiger partial charge in [-0.05, 0) is 30.2 Å². The number of nitrogens with two attached hydrogens (primary N) is 1. The number of benzene rings is 2. The van der Waals surface area contributed by atoms with Crippen molar-refractivity contribution >= 4 is 33.0 Å². The summed E-state index contributed by atoms with van der Waals surface area (Å²) in [6.45, 7) is 1.91. The highest BCUT2D eigenvalue weighted by atomic mass is 35.5. The number of aryl methyl sites for hydroxylation is 1. The Bertz CT molecular complexity index is 779. The third-order valence-corrected chi connectivity index (χ3v) is 4.81. The highest BCUT2D eigenvalue weighted by Gasteiger charge is 2.21. The molecular weight excluding hydrogens is 315 g/mol. The molecule has 3 N–H and O–H groups in total. The maximum Gasteiger partial charge on any atom is 0.263 e. The van der Waals surface area contributed by atoms with Crippen LogP contribution in [0.15, 0.2) is 41.3 Å². The zero-order valence-electron chi connectivity index (χ0n) is 11.2. The number of nitrogen functional groups attached to an aromatic ring is 1. The smallest absolute Gasteiger partial charge is 0.263 e. The van der Waals surface area contributed by atoms with E-state index in [1.54, 1.807) is 12.1 Å². The van der Waals surface area contributed by atoms with Gasteiger partial charge in [-0.3, -0.25) is 4.72 Å². The number of hydrogen-bond acceptors (Lipinski definition) is 3. The Kier molecular flexibility index (Phi) is 4.39. The van der Waals surface area contributed by atoms with Gasteiger partial charge in [0.05, 0.1) is 16.4 Å². The molecule has 4 nitrogen and oxygen atoms in total. The maximum atomic E-state index is 13.3. The summed E-state index contributed by atoms with van der Waals surface area (Å²) in [5, 5.41) is -0.219. The van der Waals surface area contributed by atoms with Crippen molar-refractivity contribution in [3.63, 3.8) is 0 Å². The van der Waals surface area contributed by atoms with Crippen molar-refractivity contribution < 1.29 is 12.8 Å². The van der Waals surface area contributed by atoms with Crippen molar-refractivity contribution in [2.24, 2.45) is 0 Å². The van der Waals surface area contributed by atoms with Crippen LogP contribution in [0.25, 0.3) is 0 Å². The number of nitrogens with one attached hydrogen (secondary N) is 1. The van der Waals surface area contributed by atoms with E-state index in [0.717, 1.165) is 17.7 Å². The average Bonchev–Trinajstić information content (AvgIpc) is 2.43. The van der Waals surface area contributed by atoms with Gasteiger partial charge >= 0.3 is 0 Å². The number of rotatable bonds is 4. The summed E-state index contributed by atoms with van der Waals surface area (Å²) >= 11 is 5.81. The largest absolute Gasteiger partial charge is 0.396 e. The molecule has 0 fully saturated rings. The van der Waals surface area contributed by atoms with E-state index in [1.807, 2.05) is 19.1 Å². The van der Waals surface area contributed by atoms with Gasteiger partial charge in [-0.1, -0.05) is 36.7 Å². The van der Waals surface area contributed by atoms with Gasteiger partial charge in [-0.15, -0.1) is 0 Å². The molecule has 0 aliphatic heterocycles. The molecule has 112 valence electrons. The molecule has 2 rings (SSSR count). The minimum Gasteiger partial charge on any atom is -0.396 e. The normalized spacial score (nSPS) is 11.4. The molecule has 0 unspecified atom stereocenters. The van der Waals surface area contributed by atoms with Crippen LogP contribution in [0.3, 0.4) is 0 Å².